The van der Waals surface area contributed by atoms with Crippen molar-refractivity contribution in [3.63, 3.8) is 0 Å². The Hall–Kier alpha value is -1.56. The molecule has 1 aromatic rings. The lowest BCUT2D eigenvalue weighted by atomic mass is 9.96. The topological polar surface area (TPSA) is 63.5 Å². The molecule has 116 valence electrons. The monoisotopic (exact) mass is 291 g/mol. The van der Waals surface area contributed by atoms with E-state index in [9.17, 15) is 0 Å². The maximum absolute atomic E-state index is 5.88. The molecule has 21 heavy (non-hydrogen) atoms. The van der Waals surface area contributed by atoms with Crippen LogP contribution in [-0.4, -0.2) is 47.1 Å². The molecule has 2 aliphatic heterocycles. The molecule has 2 fully saturated rings. The molecule has 3 heterocycles. The number of nitrogens with zero attached hydrogens (tertiary/aromatic N) is 3. The van der Waals surface area contributed by atoms with Gasteiger partial charge in [0.25, 0.3) is 0 Å². The standard InChI is InChI=1S/C15H25N5O/c1-2-16-15(17-7-3-9-20-10-4-8-18-20)19-13-11-12-5-6-14(13)21-12/h4,8,10,12-14H,2-3,5-7,9,11H2,1H3,(H2,16,17,19). The van der Waals surface area contributed by atoms with Crippen LogP contribution in [0.25, 0.3) is 0 Å². The van der Waals surface area contributed by atoms with Crippen molar-refractivity contribution < 1.29 is 4.74 Å². The maximum atomic E-state index is 5.88. The van der Waals surface area contributed by atoms with Gasteiger partial charge in [0.05, 0.1) is 18.2 Å². The summed E-state index contributed by atoms with van der Waals surface area (Å²) in [7, 11) is 0. The number of nitrogens with one attached hydrogen (secondary N) is 2. The Bertz CT molecular complexity index is 459. The first kappa shape index (κ1) is 14.4. The van der Waals surface area contributed by atoms with E-state index < -0.39 is 0 Å². The van der Waals surface area contributed by atoms with Crippen molar-refractivity contribution in [1.82, 2.24) is 20.4 Å². The van der Waals surface area contributed by atoms with Crippen LogP contribution in [0.2, 0.25) is 0 Å². The summed E-state index contributed by atoms with van der Waals surface area (Å²) < 4.78 is 7.83. The van der Waals surface area contributed by atoms with E-state index in [0.29, 0.717) is 18.2 Å². The molecule has 0 aromatic carbocycles. The Balaban J connectivity index is 1.45. The van der Waals surface area contributed by atoms with E-state index in [4.69, 9.17) is 4.74 Å². The van der Waals surface area contributed by atoms with Gasteiger partial charge in [0.2, 0.25) is 0 Å². The fourth-order valence-corrected chi connectivity index (χ4v) is 3.14. The molecule has 6 heteroatoms. The third kappa shape index (κ3) is 3.75. The number of ether oxygens (including phenoxy) is 1. The molecule has 6 nitrogen and oxygen atoms in total. The summed E-state index contributed by atoms with van der Waals surface area (Å²) in [6.45, 7) is 4.69. The molecule has 0 amide bonds. The fourth-order valence-electron chi connectivity index (χ4n) is 3.14. The second kappa shape index (κ2) is 6.93. The smallest absolute Gasteiger partial charge is 0.191 e. The van der Waals surface area contributed by atoms with Crippen molar-refractivity contribution in [3.8, 4) is 0 Å². The highest BCUT2D eigenvalue weighted by molar-refractivity contribution is 5.80. The lowest BCUT2D eigenvalue weighted by molar-refractivity contribution is 0.0992. The minimum absolute atomic E-state index is 0.378. The van der Waals surface area contributed by atoms with Crippen molar-refractivity contribution in [2.75, 3.05) is 13.1 Å². The first-order chi connectivity index (χ1) is 10.3. The van der Waals surface area contributed by atoms with Gasteiger partial charge in [-0.05, 0) is 38.7 Å². The molecule has 3 rings (SSSR count). The van der Waals surface area contributed by atoms with E-state index in [1.165, 1.54) is 12.8 Å². The van der Waals surface area contributed by atoms with Crippen LogP contribution >= 0.6 is 0 Å². The molecular formula is C15H25N5O. The molecule has 1 aromatic heterocycles. The van der Waals surface area contributed by atoms with Gasteiger partial charge in [0, 0.05) is 32.0 Å². The number of hydrogen-bond acceptors (Lipinski definition) is 3. The van der Waals surface area contributed by atoms with Crippen molar-refractivity contribution in [1.29, 1.82) is 0 Å². The highest BCUT2D eigenvalue weighted by atomic mass is 16.5. The molecule has 0 radical (unpaired) electrons. The van der Waals surface area contributed by atoms with Crippen molar-refractivity contribution in [2.24, 2.45) is 4.99 Å². The molecular weight excluding hydrogens is 266 g/mol. The molecule has 2 bridgehead atoms. The molecule has 2 N–H and O–H groups in total. The molecule has 0 saturated carbocycles. The van der Waals surface area contributed by atoms with Crippen LogP contribution in [-0.2, 0) is 11.3 Å². The van der Waals surface area contributed by atoms with E-state index in [1.807, 2.05) is 23.1 Å². The van der Waals surface area contributed by atoms with Crippen molar-refractivity contribution in [3.05, 3.63) is 18.5 Å². The zero-order valence-electron chi connectivity index (χ0n) is 12.7. The van der Waals surface area contributed by atoms with E-state index in [2.05, 4.69) is 27.6 Å². The second-order valence-electron chi connectivity index (χ2n) is 5.74. The maximum Gasteiger partial charge on any atom is 0.191 e. The zero-order valence-corrected chi connectivity index (χ0v) is 12.7. The summed E-state index contributed by atoms with van der Waals surface area (Å²) in [5.74, 6) is 0.916. The molecule has 0 aliphatic carbocycles. The van der Waals surface area contributed by atoms with Gasteiger partial charge in [0.1, 0.15) is 0 Å². The summed E-state index contributed by atoms with van der Waals surface area (Å²) in [5.41, 5.74) is 0. The van der Waals surface area contributed by atoms with Crippen LogP contribution in [0.4, 0.5) is 0 Å². The lowest BCUT2D eigenvalue weighted by Crippen LogP contribution is -2.47. The van der Waals surface area contributed by atoms with E-state index in [0.717, 1.165) is 38.4 Å². The first-order valence-corrected chi connectivity index (χ1v) is 8.03. The quantitative estimate of drug-likeness (QED) is 0.469. The Labute approximate surface area is 126 Å². The third-order valence-electron chi connectivity index (χ3n) is 4.15. The number of guanidine groups is 1. The summed E-state index contributed by atoms with van der Waals surface area (Å²) >= 11 is 0. The normalized spacial score (nSPS) is 28.0. The Morgan fingerprint density at radius 2 is 2.43 bits per heavy atom. The van der Waals surface area contributed by atoms with E-state index in [1.54, 1.807) is 0 Å². The van der Waals surface area contributed by atoms with Crippen LogP contribution < -0.4 is 10.6 Å². The van der Waals surface area contributed by atoms with Gasteiger partial charge in [-0.3, -0.25) is 9.67 Å². The van der Waals surface area contributed by atoms with Gasteiger partial charge < -0.3 is 15.4 Å². The Morgan fingerprint density at radius 1 is 1.48 bits per heavy atom. The minimum atomic E-state index is 0.378. The number of fused-ring (bicyclic) bond motifs is 2. The van der Waals surface area contributed by atoms with Crippen LogP contribution in [0.15, 0.2) is 23.5 Å². The molecule has 2 aliphatic rings. The SMILES string of the molecule is CCNC(=NCCCn1cccn1)NC1CC2CCC1O2. The predicted octanol–water partition coefficient (Wildman–Crippen LogP) is 1.15. The summed E-state index contributed by atoms with van der Waals surface area (Å²) in [6, 6.07) is 2.37. The summed E-state index contributed by atoms with van der Waals surface area (Å²) in [6.07, 6.45) is 9.15. The van der Waals surface area contributed by atoms with Gasteiger partial charge in [-0.25, -0.2) is 0 Å². The molecule has 2 saturated heterocycles. The number of aliphatic imine (C=N–C) groups is 1. The van der Waals surface area contributed by atoms with Crippen LogP contribution in [0.3, 0.4) is 0 Å². The Kier molecular flexibility index (Phi) is 4.75. The number of rotatable bonds is 6. The number of hydrogen-bond donors (Lipinski definition) is 2. The van der Waals surface area contributed by atoms with E-state index in [-0.39, 0.29) is 0 Å². The van der Waals surface area contributed by atoms with Crippen LogP contribution in [0.5, 0.6) is 0 Å². The Morgan fingerprint density at radius 3 is 3.10 bits per heavy atom. The minimum Gasteiger partial charge on any atom is -0.373 e. The predicted molar refractivity (Wildman–Crippen MR) is 82.3 cm³/mol. The average Bonchev–Trinajstić information content (AvgIpc) is 3.21. The number of aromatic nitrogens is 2. The molecule has 0 spiro atoms. The number of aryl methyl sites for hydroxylation is 1. The summed E-state index contributed by atoms with van der Waals surface area (Å²) in [4.78, 5) is 4.66. The molecule has 3 atom stereocenters. The zero-order chi connectivity index (χ0) is 14.5. The van der Waals surface area contributed by atoms with Crippen molar-refractivity contribution in [2.45, 2.75) is 57.4 Å². The van der Waals surface area contributed by atoms with Crippen molar-refractivity contribution >= 4 is 5.96 Å². The first-order valence-electron chi connectivity index (χ1n) is 8.03. The van der Waals surface area contributed by atoms with Crippen LogP contribution in [0.1, 0.15) is 32.6 Å². The van der Waals surface area contributed by atoms with Gasteiger partial charge in [-0.2, -0.15) is 5.10 Å². The lowest BCUT2D eigenvalue weighted by Gasteiger charge is -2.22. The molecule has 3 unspecified atom stereocenters. The van der Waals surface area contributed by atoms with Gasteiger partial charge in [0.15, 0.2) is 5.96 Å². The third-order valence-corrected chi connectivity index (χ3v) is 4.15. The van der Waals surface area contributed by atoms with Gasteiger partial charge in [-0.1, -0.05) is 0 Å². The van der Waals surface area contributed by atoms with E-state index >= 15 is 0 Å². The largest absolute Gasteiger partial charge is 0.373 e. The van der Waals surface area contributed by atoms with Crippen LogP contribution in [0, 0.1) is 0 Å². The van der Waals surface area contributed by atoms with Gasteiger partial charge >= 0.3 is 0 Å². The average molecular weight is 291 g/mol. The highest BCUT2D eigenvalue weighted by Crippen LogP contribution is 2.34. The second-order valence-corrected chi connectivity index (χ2v) is 5.74. The highest BCUT2D eigenvalue weighted by Gasteiger charge is 2.41. The van der Waals surface area contributed by atoms with Gasteiger partial charge in [-0.15, -0.1) is 0 Å². The fraction of sp³-hybridized carbons (Fsp3) is 0.733. The summed E-state index contributed by atoms with van der Waals surface area (Å²) in [5, 5.41) is 11.1.